The van der Waals surface area contributed by atoms with Crippen molar-refractivity contribution >= 4 is 10.2 Å². The van der Waals surface area contributed by atoms with Gasteiger partial charge in [0.25, 0.3) is 10.2 Å². The van der Waals surface area contributed by atoms with Gasteiger partial charge in [0, 0.05) is 19.6 Å². The summed E-state index contributed by atoms with van der Waals surface area (Å²) in [5.74, 6) is 0.677. The minimum absolute atomic E-state index is 0.561. The summed E-state index contributed by atoms with van der Waals surface area (Å²) in [7, 11) is -3.10. The lowest BCUT2D eigenvalue weighted by Gasteiger charge is -2.28. The summed E-state index contributed by atoms with van der Waals surface area (Å²) in [5, 5.41) is 3.17. The van der Waals surface area contributed by atoms with Gasteiger partial charge in [-0.15, -0.1) is 0 Å². The molecule has 5 nitrogen and oxygen atoms in total. The Labute approximate surface area is 78.7 Å². The second kappa shape index (κ2) is 3.53. The smallest absolute Gasteiger partial charge is 0.279 e. The van der Waals surface area contributed by atoms with Gasteiger partial charge in [-0.1, -0.05) is 0 Å². The monoisotopic (exact) mass is 205 g/mol. The van der Waals surface area contributed by atoms with E-state index < -0.39 is 10.2 Å². The van der Waals surface area contributed by atoms with Gasteiger partial charge >= 0.3 is 0 Å². The standard InChI is InChI=1S/C7H15N3O2S/c11-13(12)9-2-4-10(13)3-1-7-5-8-6-7/h7-9H,1-6H2. The average Bonchev–Trinajstić information content (AvgIpc) is 2.27. The predicted molar refractivity (Wildman–Crippen MR) is 49.5 cm³/mol. The lowest BCUT2D eigenvalue weighted by molar-refractivity contribution is 0.297. The first-order valence-electron chi connectivity index (χ1n) is 4.64. The zero-order valence-corrected chi connectivity index (χ0v) is 8.31. The highest BCUT2D eigenvalue weighted by Crippen LogP contribution is 2.12. The summed E-state index contributed by atoms with van der Waals surface area (Å²) in [6, 6.07) is 0. The first kappa shape index (κ1) is 9.39. The van der Waals surface area contributed by atoms with Crippen molar-refractivity contribution in [2.24, 2.45) is 5.92 Å². The molecule has 0 aromatic carbocycles. The quantitative estimate of drug-likeness (QED) is 0.605. The van der Waals surface area contributed by atoms with E-state index in [1.807, 2.05) is 0 Å². The van der Waals surface area contributed by atoms with Gasteiger partial charge in [0.1, 0.15) is 0 Å². The Bertz CT molecular complexity index is 273. The molecule has 0 unspecified atom stereocenters. The molecular weight excluding hydrogens is 190 g/mol. The van der Waals surface area contributed by atoms with E-state index in [1.165, 1.54) is 4.31 Å². The van der Waals surface area contributed by atoms with Crippen molar-refractivity contribution in [1.82, 2.24) is 14.3 Å². The third-order valence-corrected chi connectivity index (χ3v) is 4.25. The summed E-state index contributed by atoms with van der Waals surface area (Å²) in [6.07, 6.45) is 0.980. The molecule has 0 saturated carbocycles. The zero-order chi connectivity index (χ0) is 9.31. The highest BCUT2D eigenvalue weighted by molar-refractivity contribution is 7.87. The topological polar surface area (TPSA) is 61.4 Å². The minimum atomic E-state index is -3.10. The van der Waals surface area contributed by atoms with Crippen LogP contribution in [0.1, 0.15) is 6.42 Å². The molecule has 0 radical (unpaired) electrons. The van der Waals surface area contributed by atoms with Gasteiger partial charge in [0.05, 0.1) is 0 Å². The van der Waals surface area contributed by atoms with Crippen molar-refractivity contribution in [3.05, 3.63) is 0 Å². The lowest BCUT2D eigenvalue weighted by atomic mass is 10.00. The highest BCUT2D eigenvalue weighted by atomic mass is 32.2. The van der Waals surface area contributed by atoms with E-state index in [2.05, 4.69) is 10.0 Å². The highest BCUT2D eigenvalue weighted by Gasteiger charge is 2.28. The fourth-order valence-corrected chi connectivity index (χ4v) is 2.83. The molecule has 2 fully saturated rings. The Morgan fingerprint density at radius 1 is 1.38 bits per heavy atom. The number of hydrogen-bond donors (Lipinski definition) is 2. The van der Waals surface area contributed by atoms with Crippen LogP contribution >= 0.6 is 0 Å². The molecule has 2 aliphatic heterocycles. The van der Waals surface area contributed by atoms with Crippen LogP contribution in [0.5, 0.6) is 0 Å². The van der Waals surface area contributed by atoms with Crippen LogP contribution in [0.15, 0.2) is 0 Å². The van der Waals surface area contributed by atoms with Gasteiger partial charge < -0.3 is 5.32 Å². The molecule has 76 valence electrons. The number of nitrogens with zero attached hydrogens (tertiary/aromatic N) is 1. The SMILES string of the molecule is O=S1(=O)NCCN1CCC1CNC1. The van der Waals surface area contributed by atoms with E-state index in [0.717, 1.165) is 19.5 Å². The van der Waals surface area contributed by atoms with Crippen LogP contribution in [-0.2, 0) is 10.2 Å². The van der Waals surface area contributed by atoms with Gasteiger partial charge in [-0.3, -0.25) is 0 Å². The molecule has 2 saturated heterocycles. The van der Waals surface area contributed by atoms with Crippen LogP contribution in [0.3, 0.4) is 0 Å². The summed E-state index contributed by atoms with van der Waals surface area (Å²) in [4.78, 5) is 0. The van der Waals surface area contributed by atoms with Crippen molar-refractivity contribution < 1.29 is 8.42 Å². The maximum Gasteiger partial charge on any atom is 0.279 e. The second-order valence-electron chi connectivity index (χ2n) is 3.61. The van der Waals surface area contributed by atoms with Crippen molar-refractivity contribution in [3.63, 3.8) is 0 Å². The Morgan fingerprint density at radius 2 is 2.15 bits per heavy atom. The van der Waals surface area contributed by atoms with E-state index in [0.29, 0.717) is 25.6 Å². The van der Waals surface area contributed by atoms with E-state index >= 15 is 0 Å². The van der Waals surface area contributed by atoms with Gasteiger partial charge in [-0.2, -0.15) is 12.7 Å². The molecule has 0 aromatic rings. The lowest BCUT2D eigenvalue weighted by Crippen LogP contribution is -2.44. The molecule has 0 atom stereocenters. The molecule has 2 rings (SSSR count). The molecular formula is C7H15N3O2S. The average molecular weight is 205 g/mol. The molecule has 2 aliphatic rings. The van der Waals surface area contributed by atoms with Crippen LogP contribution < -0.4 is 10.0 Å². The van der Waals surface area contributed by atoms with E-state index in [1.54, 1.807) is 0 Å². The maximum atomic E-state index is 11.3. The Kier molecular flexibility index (Phi) is 2.55. The molecule has 0 aromatic heterocycles. The van der Waals surface area contributed by atoms with Gasteiger partial charge in [-0.05, 0) is 25.4 Å². The first-order chi connectivity index (χ1) is 6.18. The van der Waals surface area contributed by atoms with E-state index in [9.17, 15) is 8.42 Å². The second-order valence-corrected chi connectivity index (χ2v) is 5.37. The Balaban J connectivity index is 1.80. The minimum Gasteiger partial charge on any atom is -0.316 e. The normalized spacial score (nSPS) is 28.9. The van der Waals surface area contributed by atoms with Crippen LogP contribution in [0.2, 0.25) is 0 Å². The predicted octanol–water partition coefficient (Wildman–Crippen LogP) is -1.25. The summed E-state index contributed by atoms with van der Waals surface area (Å²) < 4.78 is 26.6. The third kappa shape index (κ3) is 2.01. The largest absolute Gasteiger partial charge is 0.316 e. The van der Waals surface area contributed by atoms with E-state index in [-0.39, 0.29) is 0 Å². The van der Waals surface area contributed by atoms with Gasteiger partial charge in [0.2, 0.25) is 0 Å². The molecule has 0 aliphatic carbocycles. The Hall–Kier alpha value is -0.170. The molecule has 0 amide bonds. The third-order valence-electron chi connectivity index (χ3n) is 2.64. The number of nitrogens with one attached hydrogen (secondary N) is 2. The summed E-state index contributed by atoms with van der Waals surface area (Å²) >= 11 is 0. The Morgan fingerprint density at radius 3 is 2.62 bits per heavy atom. The maximum absolute atomic E-state index is 11.3. The molecule has 6 heteroatoms. The van der Waals surface area contributed by atoms with Crippen molar-refractivity contribution in [3.8, 4) is 0 Å². The molecule has 0 bridgehead atoms. The number of hydrogen-bond acceptors (Lipinski definition) is 3. The fourth-order valence-electron chi connectivity index (χ4n) is 1.62. The molecule has 0 spiro atoms. The fraction of sp³-hybridized carbons (Fsp3) is 1.00. The molecule has 2 N–H and O–H groups in total. The van der Waals surface area contributed by atoms with Crippen LogP contribution in [0.4, 0.5) is 0 Å². The van der Waals surface area contributed by atoms with Crippen LogP contribution in [-0.4, -0.2) is 45.4 Å². The van der Waals surface area contributed by atoms with E-state index in [4.69, 9.17) is 0 Å². The number of rotatable bonds is 3. The van der Waals surface area contributed by atoms with Crippen molar-refractivity contribution in [1.29, 1.82) is 0 Å². The molecule has 13 heavy (non-hydrogen) atoms. The van der Waals surface area contributed by atoms with Crippen LogP contribution in [0.25, 0.3) is 0 Å². The van der Waals surface area contributed by atoms with Crippen LogP contribution in [0, 0.1) is 5.92 Å². The zero-order valence-electron chi connectivity index (χ0n) is 7.49. The molecule has 2 heterocycles. The van der Waals surface area contributed by atoms with Gasteiger partial charge in [0.15, 0.2) is 0 Å². The van der Waals surface area contributed by atoms with Gasteiger partial charge in [-0.25, -0.2) is 4.72 Å². The first-order valence-corrected chi connectivity index (χ1v) is 6.08. The van der Waals surface area contributed by atoms with Crippen molar-refractivity contribution in [2.75, 3.05) is 32.7 Å². The summed E-state index contributed by atoms with van der Waals surface area (Å²) in [6.45, 7) is 3.94. The summed E-state index contributed by atoms with van der Waals surface area (Å²) in [5.41, 5.74) is 0. The van der Waals surface area contributed by atoms with Crippen molar-refractivity contribution in [2.45, 2.75) is 6.42 Å².